The maximum absolute atomic E-state index is 13.2. The Morgan fingerprint density at radius 2 is 1.81 bits per heavy atom. The zero-order chi connectivity index (χ0) is 15.9. The van der Waals surface area contributed by atoms with Crippen molar-refractivity contribution in [1.82, 2.24) is 10.2 Å². The molecule has 0 aromatic heterocycles. The Morgan fingerprint density at radius 3 is 2.19 bits per heavy atom. The molecule has 3 atom stereocenters. The van der Waals surface area contributed by atoms with E-state index < -0.39 is 5.54 Å². The minimum Gasteiger partial charge on any atom is -0.340 e. The van der Waals surface area contributed by atoms with Crippen molar-refractivity contribution in [2.75, 3.05) is 0 Å². The highest BCUT2D eigenvalue weighted by Gasteiger charge is 2.57. The summed E-state index contributed by atoms with van der Waals surface area (Å²) in [5, 5.41) is 3.05. The molecule has 0 bridgehead atoms. The molecule has 1 N–H and O–H groups in total. The first-order valence-corrected chi connectivity index (χ1v) is 8.38. The third-order valence-corrected chi connectivity index (χ3v) is 5.20. The Kier molecular flexibility index (Phi) is 4.36. The molecule has 0 aromatic carbocycles. The van der Waals surface area contributed by atoms with Crippen LogP contribution in [-0.4, -0.2) is 34.3 Å². The monoisotopic (exact) mass is 294 g/mol. The molecule has 1 aliphatic carbocycles. The second kappa shape index (κ2) is 5.62. The van der Waals surface area contributed by atoms with E-state index in [9.17, 15) is 9.59 Å². The van der Waals surface area contributed by atoms with Crippen molar-refractivity contribution in [2.24, 2.45) is 17.8 Å². The van der Waals surface area contributed by atoms with E-state index in [1.54, 1.807) is 0 Å². The van der Waals surface area contributed by atoms with Crippen molar-refractivity contribution in [3.8, 4) is 0 Å². The molecule has 1 saturated carbocycles. The molecule has 2 rings (SSSR count). The summed E-state index contributed by atoms with van der Waals surface area (Å²) in [6.07, 6.45) is 2.98. The molecule has 2 fully saturated rings. The fourth-order valence-electron chi connectivity index (χ4n) is 3.81. The molecule has 3 unspecified atom stereocenters. The smallest absolute Gasteiger partial charge is 0.249 e. The zero-order valence-corrected chi connectivity index (χ0v) is 14.3. The minimum absolute atomic E-state index is 0.0260. The van der Waals surface area contributed by atoms with Crippen molar-refractivity contribution in [3.05, 3.63) is 0 Å². The van der Waals surface area contributed by atoms with Crippen molar-refractivity contribution in [1.29, 1.82) is 0 Å². The molecule has 1 aliphatic heterocycles. The van der Waals surface area contributed by atoms with Crippen LogP contribution in [0.15, 0.2) is 0 Å². The lowest BCUT2D eigenvalue weighted by Gasteiger charge is -2.50. The molecular weight excluding hydrogens is 264 g/mol. The van der Waals surface area contributed by atoms with Crippen molar-refractivity contribution >= 4 is 11.8 Å². The average molecular weight is 294 g/mol. The molecule has 2 amide bonds. The summed E-state index contributed by atoms with van der Waals surface area (Å²) in [7, 11) is 0. The quantitative estimate of drug-likeness (QED) is 0.847. The Hall–Kier alpha value is -1.06. The summed E-state index contributed by atoms with van der Waals surface area (Å²) < 4.78 is 0. The molecule has 0 radical (unpaired) electrons. The average Bonchev–Trinajstić information content (AvgIpc) is 3.19. The van der Waals surface area contributed by atoms with Gasteiger partial charge >= 0.3 is 0 Å². The molecule has 120 valence electrons. The second-order valence-electron chi connectivity index (χ2n) is 7.59. The fraction of sp³-hybridized carbons (Fsp3) is 0.882. The van der Waals surface area contributed by atoms with Gasteiger partial charge in [-0.05, 0) is 43.9 Å². The highest BCUT2D eigenvalue weighted by atomic mass is 16.2. The van der Waals surface area contributed by atoms with E-state index in [0.717, 1.165) is 19.3 Å². The largest absolute Gasteiger partial charge is 0.340 e. The van der Waals surface area contributed by atoms with Crippen LogP contribution >= 0.6 is 0 Å². The number of carbonyl (C=O) groups excluding carboxylic acids is 2. The van der Waals surface area contributed by atoms with Crippen LogP contribution in [0.5, 0.6) is 0 Å². The highest BCUT2D eigenvalue weighted by Crippen LogP contribution is 2.43. The van der Waals surface area contributed by atoms with Gasteiger partial charge in [0.05, 0.1) is 0 Å². The molecule has 0 aromatic rings. The Labute approximate surface area is 128 Å². The van der Waals surface area contributed by atoms with E-state index >= 15 is 0 Å². The first-order valence-electron chi connectivity index (χ1n) is 8.38. The van der Waals surface area contributed by atoms with Crippen LogP contribution < -0.4 is 5.32 Å². The van der Waals surface area contributed by atoms with Crippen LogP contribution in [-0.2, 0) is 9.59 Å². The highest BCUT2D eigenvalue weighted by molar-refractivity contribution is 6.00. The van der Waals surface area contributed by atoms with E-state index in [1.165, 1.54) is 0 Å². The predicted molar refractivity (Wildman–Crippen MR) is 83.7 cm³/mol. The summed E-state index contributed by atoms with van der Waals surface area (Å²) in [4.78, 5) is 27.8. The van der Waals surface area contributed by atoms with Crippen molar-refractivity contribution in [2.45, 2.75) is 78.4 Å². The minimum atomic E-state index is -0.690. The normalized spacial score (nSPS) is 31.8. The van der Waals surface area contributed by atoms with E-state index in [-0.39, 0.29) is 29.8 Å². The lowest BCUT2D eigenvalue weighted by atomic mass is 9.83. The molecule has 21 heavy (non-hydrogen) atoms. The topological polar surface area (TPSA) is 49.4 Å². The predicted octanol–water partition coefficient (Wildman–Crippen LogP) is 2.57. The third-order valence-electron chi connectivity index (χ3n) is 5.20. The van der Waals surface area contributed by atoms with Crippen LogP contribution in [0.4, 0.5) is 0 Å². The first kappa shape index (κ1) is 16.3. The van der Waals surface area contributed by atoms with Gasteiger partial charge in [-0.15, -0.1) is 0 Å². The van der Waals surface area contributed by atoms with Gasteiger partial charge in [0.1, 0.15) is 11.6 Å². The molecule has 4 nitrogen and oxygen atoms in total. The summed E-state index contributed by atoms with van der Waals surface area (Å²) in [5.74, 6) is 0.955. The fourth-order valence-corrected chi connectivity index (χ4v) is 3.81. The van der Waals surface area contributed by atoms with Gasteiger partial charge in [0.15, 0.2) is 0 Å². The Bertz CT molecular complexity index is 429. The number of nitrogens with one attached hydrogen (secondary N) is 1. The van der Waals surface area contributed by atoms with Gasteiger partial charge in [0.25, 0.3) is 0 Å². The number of hydrogen-bond acceptors (Lipinski definition) is 2. The van der Waals surface area contributed by atoms with E-state index in [4.69, 9.17) is 0 Å². The number of amides is 2. The van der Waals surface area contributed by atoms with Crippen LogP contribution in [0.2, 0.25) is 0 Å². The van der Waals surface area contributed by atoms with Gasteiger partial charge in [-0.1, -0.05) is 34.6 Å². The van der Waals surface area contributed by atoms with Gasteiger partial charge in [-0.3, -0.25) is 9.59 Å². The molecule has 1 saturated heterocycles. The first-order chi connectivity index (χ1) is 9.74. The van der Waals surface area contributed by atoms with E-state index in [0.29, 0.717) is 11.8 Å². The van der Waals surface area contributed by atoms with E-state index in [1.807, 2.05) is 25.7 Å². The number of hydrogen-bond donors (Lipinski definition) is 1. The second-order valence-corrected chi connectivity index (χ2v) is 7.59. The van der Waals surface area contributed by atoms with Crippen LogP contribution in [0.25, 0.3) is 0 Å². The summed E-state index contributed by atoms with van der Waals surface area (Å²) in [5.41, 5.74) is -0.690. The molecule has 0 spiro atoms. The molecule has 4 heteroatoms. The lowest BCUT2D eigenvalue weighted by Crippen LogP contribution is -2.73. The lowest BCUT2D eigenvalue weighted by molar-refractivity contribution is -0.161. The van der Waals surface area contributed by atoms with Gasteiger partial charge < -0.3 is 10.2 Å². The molecule has 1 heterocycles. The SMILES string of the molecule is CCC(C(C)C)N1C(=O)C(C)(C2CC2)NC(=O)C1C(C)C. The van der Waals surface area contributed by atoms with Crippen molar-refractivity contribution in [3.63, 3.8) is 0 Å². The van der Waals surface area contributed by atoms with Gasteiger partial charge in [0.2, 0.25) is 11.8 Å². The van der Waals surface area contributed by atoms with Crippen LogP contribution in [0, 0.1) is 17.8 Å². The maximum atomic E-state index is 13.2. The summed E-state index contributed by atoms with van der Waals surface area (Å²) >= 11 is 0. The summed E-state index contributed by atoms with van der Waals surface area (Å²) in [6.45, 7) is 12.4. The maximum Gasteiger partial charge on any atom is 0.249 e. The zero-order valence-electron chi connectivity index (χ0n) is 14.3. The van der Waals surface area contributed by atoms with Crippen molar-refractivity contribution < 1.29 is 9.59 Å². The molecule has 2 aliphatic rings. The number of rotatable bonds is 5. The van der Waals surface area contributed by atoms with Gasteiger partial charge in [0, 0.05) is 6.04 Å². The Morgan fingerprint density at radius 1 is 1.24 bits per heavy atom. The van der Waals surface area contributed by atoms with Crippen LogP contribution in [0.1, 0.15) is 60.8 Å². The number of carbonyl (C=O) groups is 2. The standard InChI is InChI=1S/C17H30N2O2/c1-7-13(10(2)3)19-14(11(4)5)15(20)18-17(6,16(19)21)12-8-9-12/h10-14H,7-9H2,1-6H3,(H,18,20). The van der Waals surface area contributed by atoms with Gasteiger partial charge in [-0.25, -0.2) is 0 Å². The molecular formula is C17H30N2O2. The van der Waals surface area contributed by atoms with E-state index in [2.05, 4.69) is 26.1 Å². The van der Waals surface area contributed by atoms with Crippen LogP contribution in [0.3, 0.4) is 0 Å². The number of piperazine rings is 1. The summed E-state index contributed by atoms with van der Waals surface area (Å²) in [6, 6.07) is -0.203. The van der Waals surface area contributed by atoms with Gasteiger partial charge in [-0.2, -0.15) is 0 Å². The third kappa shape index (κ3) is 2.69. The Balaban J connectivity index is 2.41. The number of nitrogens with zero attached hydrogens (tertiary/aromatic N) is 1.